The van der Waals surface area contributed by atoms with Crippen LogP contribution >= 0.6 is 0 Å². The summed E-state index contributed by atoms with van der Waals surface area (Å²) in [5.41, 5.74) is 0.190. The highest BCUT2D eigenvalue weighted by Crippen LogP contribution is 2.39. The fourth-order valence-electron chi connectivity index (χ4n) is 2.60. The lowest BCUT2D eigenvalue weighted by molar-refractivity contribution is -0.130. The van der Waals surface area contributed by atoms with Crippen LogP contribution in [0.1, 0.15) is 13.8 Å². The minimum Gasteiger partial charge on any atom is -0.451 e. The molecule has 0 amide bonds. The summed E-state index contributed by atoms with van der Waals surface area (Å²) >= 11 is 0. The van der Waals surface area contributed by atoms with Crippen LogP contribution in [0.15, 0.2) is 72.8 Å². The monoisotopic (exact) mass is 502 g/mol. The number of hydrogen-bond donors (Lipinski definition) is 0. The average molecular weight is 502 g/mol. The third-order valence-electron chi connectivity index (χ3n) is 4.35. The summed E-state index contributed by atoms with van der Waals surface area (Å²) < 4.78 is 78.7. The van der Waals surface area contributed by atoms with Crippen LogP contribution in [-0.2, 0) is 9.59 Å². The number of benzene rings is 3. The number of carbonyl (C=O) groups is 2. The van der Waals surface area contributed by atoms with Gasteiger partial charge in [0.1, 0.15) is 23.0 Å². The topological polar surface area (TPSA) is 71.1 Å². The molecule has 0 heterocycles. The van der Waals surface area contributed by atoms with E-state index in [2.05, 4.69) is 13.2 Å². The van der Waals surface area contributed by atoms with E-state index >= 15 is 0 Å². The maximum atomic E-state index is 14.7. The van der Waals surface area contributed by atoms with Crippen molar-refractivity contribution >= 4 is 11.9 Å². The number of hydrogen-bond acceptors (Lipinski definition) is 6. The quantitative estimate of drug-likeness (QED) is 0.111. The molecule has 0 unspecified atom stereocenters. The highest BCUT2D eigenvalue weighted by Gasteiger charge is 2.29. The van der Waals surface area contributed by atoms with Crippen LogP contribution in [0, 0.1) is 23.3 Å². The van der Waals surface area contributed by atoms with Gasteiger partial charge in [-0.15, -0.1) is 0 Å². The van der Waals surface area contributed by atoms with Crippen LogP contribution in [-0.4, -0.2) is 11.9 Å². The van der Waals surface area contributed by atoms with Crippen molar-refractivity contribution in [3.63, 3.8) is 0 Å². The Kier molecular flexibility index (Phi) is 7.78. The summed E-state index contributed by atoms with van der Waals surface area (Å²) in [7, 11) is 0. The van der Waals surface area contributed by atoms with Crippen LogP contribution in [0.3, 0.4) is 0 Å². The molecule has 0 bridgehead atoms. The zero-order valence-electron chi connectivity index (χ0n) is 19.0. The molecule has 0 aliphatic rings. The molecule has 0 N–H and O–H groups in total. The molecule has 0 aliphatic carbocycles. The summed E-state index contributed by atoms with van der Waals surface area (Å²) in [6, 6.07) is 9.94. The molecule has 10 heteroatoms. The number of halogens is 4. The van der Waals surface area contributed by atoms with Gasteiger partial charge in [-0.05, 0) is 38.1 Å². The largest absolute Gasteiger partial charge is 0.451 e. The van der Waals surface area contributed by atoms with Gasteiger partial charge in [-0.25, -0.2) is 9.59 Å². The number of ether oxygens (including phenoxy) is 4. The molecule has 0 saturated carbocycles. The molecule has 36 heavy (non-hydrogen) atoms. The SMILES string of the molecule is C=C(C)C(=O)Oc1cccc(Oc2c(F)c(F)c(Oc3cccc(OC(=O)C(=C)C)c3)c(F)c2F)c1. The van der Waals surface area contributed by atoms with E-state index in [4.69, 9.17) is 18.9 Å². The molecule has 0 aliphatic heterocycles. The van der Waals surface area contributed by atoms with E-state index in [1.807, 2.05) is 0 Å². The Balaban J connectivity index is 1.89. The van der Waals surface area contributed by atoms with Crippen LogP contribution in [0.4, 0.5) is 17.6 Å². The molecule has 3 aromatic carbocycles. The Morgan fingerprint density at radius 1 is 0.611 bits per heavy atom. The van der Waals surface area contributed by atoms with Crippen molar-refractivity contribution in [1.82, 2.24) is 0 Å². The summed E-state index contributed by atoms with van der Waals surface area (Å²) in [5.74, 6) is -12.5. The van der Waals surface area contributed by atoms with Crippen molar-refractivity contribution < 1.29 is 46.1 Å². The fraction of sp³-hybridized carbons (Fsp3) is 0.0769. The second-order valence-corrected chi connectivity index (χ2v) is 7.41. The Labute approximate surface area is 203 Å². The van der Waals surface area contributed by atoms with Crippen molar-refractivity contribution in [3.05, 3.63) is 96.1 Å². The van der Waals surface area contributed by atoms with E-state index in [0.29, 0.717) is 0 Å². The second kappa shape index (κ2) is 10.8. The van der Waals surface area contributed by atoms with Gasteiger partial charge >= 0.3 is 11.9 Å². The third kappa shape index (κ3) is 5.90. The smallest absolute Gasteiger partial charge is 0.338 e. The standard InChI is InChI=1S/C26H18F4O6/c1-13(2)25(31)35-17-9-5-7-15(11-17)33-23-19(27)21(29)24(22(30)20(23)28)34-16-8-6-10-18(12-16)36-26(32)14(3)4/h5-12H,1,3H2,2,4H3. The molecule has 0 fully saturated rings. The van der Waals surface area contributed by atoms with E-state index in [1.54, 1.807) is 0 Å². The molecule has 3 rings (SSSR count). The second-order valence-electron chi connectivity index (χ2n) is 7.41. The van der Waals surface area contributed by atoms with Crippen molar-refractivity contribution in [2.75, 3.05) is 0 Å². The van der Waals surface area contributed by atoms with Crippen molar-refractivity contribution in [3.8, 4) is 34.5 Å². The Morgan fingerprint density at radius 3 is 1.22 bits per heavy atom. The Morgan fingerprint density at radius 2 is 0.917 bits per heavy atom. The molecule has 3 aromatic rings. The predicted molar refractivity (Wildman–Crippen MR) is 120 cm³/mol. The van der Waals surface area contributed by atoms with Gasteiger partial charge in [-0.3, -0.25) is 0 Å². The zero-order chi connectivity index (χ0) is 26.6. The van der Waals surface area contributed by atoms with Crippen LogP contribution in [0.25, 0.3) is 0 Å². The number of rotatable bonds is 8. The molecule has 0 radical (unpaired) electrons. The summed E-state index contributed by atoms with van der Waals surface area (Å²) in [5, 5.41) is 0. The van der Waals surface area contributed by atoms with Crippen LogP contribution in [0.5, 0.6) is 34.5 Å². The van der Waals surface area contributed by atoms with Crippen molar-refractivity contribution in [1.29, 1.82) is 0 Å². The predicted octanol–water partition coefficient (Wildman–Crippen LogP) is 6.79. The van der Waals surface area contributed by atoms with Crippen molar-refractivity contribution in [2.24, 2.45) is 0 Å². The number of carbonyl (C=O) groups excluding carboxylic acids is 2. The van der Waals surface area contributed by atoms with Gasteiger partial charge < -0.3 is 18.9 Å². The van der Waals surface area contributed by atoms with Gasteiger partial charge in [0.25, 0.3) is 0 Å². The average Bonchev–Trinajstić information content (AvgIpc) is 2.83. The maximum absolute atomic E-state index is 14.7. The Bertz CT molecular complexity index is 1250. The molecular formula is C26H18F4O6. The molecule has 0 spiro atoms. The molecule has 186 valence electrons. The fourth-order valence-corrected chi connectivity index (χ4v) is 2.60. The first kappa shape index (κ1) is 26.0. The van der Waals surface area contributed by atoms with E-state index in [0.717, 1.165) is 12.1 Å². The lowest BCUT2D eigenvalue weighted by Crippen LogP contribution is -2.08. The minimum atomic E-state index is -1.88. The normalized spacial score (nSPS) is 10.4. The molecule has 0 saturated heterocycles. The van der Waals surface area contributed by atoms with E-state index in [-0.39, 0.29) is 34.1 Å². The van der Waals surface area contributed by atoms with Gasteiger partial charge in [0.2, 0.25) is 34.8 Å². The van der Waals surface area contributed by atoms with Gasteiger partial charge in [0.15, 0.2) is 0 Å². The molecule has 6 nitrogen and oxygen atoms in total. The first-order valence-electron chi connectivity index (χ1n) is 10.1. The van der Waals surface area contributed by atoms with E-state index < -0.39 is 46.7 Å². The minimum absolute atomic E-state index is 0.0607. The van der Waals surface area contributed by atoms with Gasteiger partial charge in [0.05, 0.1) is 0 Å². The van der Waals surface area contributed by atoms with Gasteiger partial charge in [-0.2, -0.15) is 17.6 Å². The first-order valence-corrected chi connectivity index (χ1v) is 10.1. The molecule has 0 aromatic heterocycles. The van der Waals surface area contributed by atoms with Crippen LogP contribution in [0.2, 0.25) is 0 Å². The first-order chi connectivity index (χ1) is 17.0. The lowest BCUT2D eigenvalue weighted by Gasteiger charge is -2.14. The third-order valence-corrected chi connectivity index (χ3v) is 4.35. The Hall–Kier alpha value is -4.60. The highest BCUT2D eigenvalue weighted by molar-refractivity contribution is 5.89. The van der Waals surface area contributed by atoms with E-state index in [1.165, 1.54) is 50.2 Å². The van der Waals surface area contributed by atoms with Crippen molar-refractivity contribution in [2.45, 2.75) is 13.8 Å². The van der Waals surface area contributed by atoms with Gasteiger partial charge in [-0.1, -0.05) is 25.3 Å². The number of esters is 2. The molecule has 0 atom stereocenters. The summed E-state index contributed by atoms with van der Waals surface area (Å²) in [6.07, 6.45) is 0. The lowest BCUT2D eigenvalue weighted by atomic mass is 10.2. The zero-order valence-corrected chi connectivity index (χ0v) is 19.0. The van der Waals surface area contributed by atoms with Gasteiger partial charge in [0, 0.05) is 23.3 Å². The molecular weight excluding hydrogens is 484 g/mol. The summed E-state index contributed by atoms with van der Waals surface area (Å²) in [6.45, 7) is 9.66. The highest BCUT2D eigenvalue weighted by atomic mass is 19.2. The van der Waals surface area contributed by atoms with E-state index in [9.17, 15) is 27.2 Å². The summed E-state index contributed by atoms with van der Waals surface area (Å²) in [4.78, 5) is 23.3. The maximum Gasteiger partial charge on any atom is 0.338 e. The van der Waals surface area contributed by atoms with Crippen LogP contribution < -0.4 is 18.9 Å².